The molecule has 3 unspecified atom stereocenters. The van der Waals surface area contributed by atoms with E-state index >= 15 is 0 Å². The fourth-order valence-corrected chi connectivity index (χ4v) is 5.03. The number of carbonyl (C=O) groups is 1. The Morgan fingerprint density at radius 1 is 1.31 bits per heavy atom. The van der Waals surface area contributed by atoms with E-state index in [2.05, 4.69) is 22.2 Å². The summed E-state index contributed by atoms with van der Waals surface area (Å²) in [6, 6.07) is 2.17. The summed E-state index contributed by atoms with van der Waals surface area (Å²) < 4.78 is 13.2. The third-order valence-corrected chi connectivity index (χ3v) is 6.46. The number of ether oxygens (including phenoxy) is 2. The Morgan fingerprint density at radius 3 is 2.76 bits per heavy atom. The molecule has 1 N–H and O–H groups in total. The minimum atomic E-state index is -0.124. The van der Waals surface area contributed by atoms with E-state index in [-0.39, 0.29) is 11.9 Å². The molecule has 4 atom stereocenters. The molecular weight excluding hydrogens is 368 g/mol. The van der Waals surface area contributed by atoms with Crippen molar-refractivity contribution in [3.63, 3.8) is 0 Å². The van der Waals surface area contributed by atoms with Crippen molar-refractivity contribution < 1.29 is 14.3 Å². The zero-order valence-electron chi connectivity index (χ0n) is 17.7. The topological polar surface area (TPSA) is 77.8 Å². The van der Waals surface area contributed by atoms with Crippen molar-refractivity contribution in [1.29, 1.82) is 0 Å². The molecule has 2 aromatic heterocycles. The Hall–Kier alpha value is -1.99. The lowest BCUT2D eigenvalue weighted by molar-refractivity contribution is -0.00121. The van der Waals surface area contributed by atoms with E-state index in [0.717, 1.165) is 43.7 Å². The number of amides is 1. The van der Waals surface area contributed by atoms with E-state index in [1.54, 1.807) is 13.4 Å². The molecule has 2 bridgehead atoms. The lowest BCUT2D eigenvalue weighted by Crippen LogP contribution is -2.46. The van der Waals surface area contributed by atoms with Crippen LogP contribution in [-0.4, -0.2) is 46.1 Å². The van der Waals surface area contributed by atoms with Gasteiger partial charge in [-0.2, -0.15) is 0 Å². The number of hydrogen-bond acceptors (Lipinski definition) is 5. The van der Waals surface area contributed by atoms with Crippen molar-refractivity contribution >= 4 is 11.6 Å². The highest BCUT2D eigenvalue weighted by Crippen LogP contribution is 2.43. The van der Waals surface area contributed by atoms with Gasteiger partial charge in [-0.15, -0.1) is 0 Å². The molecule has 0 saturated heterocycles. The van der Waals surface area contributed by atoms with Gasteiger partial charge in [-0.1, -0.05) is 13.3 Å². The van der Waals surface area contributed by atoms with Crippen LogP contribution in [0.1, 0.15) is 67.3 Å². The molecule has 0 spiro atoms. The summed E-state index contributed by atoms with van der Waals surface area (Å²) in [6.07, 6.45) is 8.74. The molecule has 7 heteroatoms. The van der Waals surface area contributed by atoms with E-state index in [0.29, 0.717) is 35.9 Å². The molecule has 2 aliphatic rings. The van der Waals surface area contributed by atoms with Crippen LogP contribution in [0.2, 0.25) is 0 Å². The van der Waals surface area contributed by atoms with Gasteiger partial charge in [0.05, 0.1) is 18.4 Å². The van der Waals surface area contributed by atoms with Crippen molar-refractivity contribution in [3.05, 3.63) is 29.5 Å². The number of hydrogen-bond donors (Lipinski definition) is 1. The molecular formula is C22H32N4O3. The number of carbonyl (C=O) groups excluding carboxylic acids is 1. The van der Waals surface area contributed by atoms with Gasteiger partial charge in [0.15, 0.2) is 11.3 Å². The Bertz CT molecular complexity index is 851. The monoisotopic (exact) mass is 400 g/mol. The summed E-state index contributed by atoms with van der Waals surface area (Å²) in [7, 11) is 1.64. The molecule has 2 aromatic rings. The van der Waals surface area contributed by atoms with E-state index < -0.39 is 0 Å². The maximum absolute atomic E-state index is 13.1. The minimum Gasteiger partial charge on any atom is -0.378 e. The standard InChI is InChI=1S/C22H32N4O3/c1-4-5-8-29-18-10-15-6-7-16(11-18)19(15)25-22(27)20-21-24-17(12-28-3)9-14(2)26(21)13-23-20/h9,13,15-16,18-19H,4-8,10-12H2,1-3H3,(H,25,27)/t15-,16?,18?,19?/m1/s1. The fourth-order valence-electron chi connectivity index (χ4n) is 5.03. The van der Waals surface area contributed by atoms with E-state index in [4.69, 9.17) is 9.47 Å². The van der Waals surface area contributed by atoms with Crippen LogP contribution in [-0.2, 0) is 16.1 Å². The molecule has 2 heterocycles. The van der Waals surface area contributed by atoms with E-state index in [1.165, 1.54) is 12.8 Å². The Morgan fingerprint density at radius 2 is 2.07 bits per heavy atom. The number of unbranched alkanes of at least 4 members (excludes halogenated alkanes) is 1. The maximum Gasteiger partial charge on any atom is 0.274 e. The molecule has 0 aromatic carbocycles. The zero-order chi connectivity index (χ0) is 20.4. The van der Waals surface area contributed by atoms with Crippen LogP contribution in [0.25, 0.3) is 5.65 Å². The summed E-state index contributed by atoms with van der Waals surface area (Å²) in [6.45, 7) is 5.44. The van der Waals surface area contributed by atoms with Crippen LogP contribution >= 0.6 is 0 Å². The summed E-state index contributed by atoms with van der Waals surface area (Å²) in [5, 5.41) is 3.29. The Labute approximate surface area is 172 Å². The summed E-state index contributed by atoms with van der Waals surface area (Å²) in [5.74, 6) is 0.870. The van der Waals surface area contributed by atoms with Gasteiger partial charge in [-0.25, -0.2) is 9.97 Å². The summed E-state index contributed by atoms with van der Waals surface area (Å²) in [5.41, 5.74) is 2.78. The van der Waals surface area contributed by atoms with Crippen molar-refractivity contribution in [2.45, 2.75) is 71.1 Å². The smallest absolute Gasteiger partial charge is 0.274 e. The van der Waals surface area contributed by atoms with Crippen molar-refractivity contribution in [1.82, 2.24) is 19.7 Å². The van der Waals surface area contributed by atoms with Gasteiger partial charge in [0.25, 0.3) is 5.91 Å². The summed E-state index contributed by atoms with van der Waals surface area (Å²) in [4.78, 5) is 22.1. The second kappa shape index (κ2) is 8.79. The molecule has 2 saturated carbocycles. The van der Waals surface area contributed by atoms with Crippen LogP contribution in [0.15, 0.2) is 12.4 Å². The first-order chi connectivity index (χ1) is 14.1. The SMILES string of the molecule is CCCCOC1CC2CC[C@H](C1)C2NC(=O)c1ncn2c(C)cc(COC)nc12. The summed E-state index contributed by atoms with van der Waals surface area (Å²) >= 11 is 0. The lowest BCUT2D eigenvalue weighted by Gasteiger charge is -2.35. The third kappa shape index (κ3) is 4.16. The van der Waals surface area contributed by atoms with Crippen LogP contribution in [0.3, 0.4) is 0 Å². The first-order valence-electron chi connectivity index (χ1n) is 10.9. The van der Waals surface area contributed by atoms with Crippen LogP contribution < -0.4 is 5.32 Å². The Balaban J connectivity index is 1.46. The number of aromatic nitrogens is 3. The van der Waals surface area contributed by atoms with Crippen molar-refractivity contribution in [2.75, 3.05) is 13.7 Å². The largest absolute Gasteiger partial charge is 0.378 e. The molecule has 4 rings (SSSR count). The number of methoxy groups -OCH3 is 1. The number of rotatable bonds is 8. The number of nitrogens with one attached hydrogen (secondary N) is 1. The van der Waals surface area contributed by atoms with Gasteiger partial charge in [0.2, 0.25) is 0 Å². The number of imidazole rings is 1. The number of aryl methyl sites for hydroxylation is 1. The normalized spacial score (nSPS) is 26.2. The van der Waals surface area contributed by atoms with Gasteiger partial charge in [-0.05, 0) is 56.9 Å². The predicted molar refractivity (Wildman–Crippen MR) is 110 cm³/mol. The van der Waals surface area contributed by atoms with Gasteiger partial charge in [-0.3, -0.25) is 9.20 Å². The molecule has 2 aliphatic carbocycles. The quantitative estimate of drug-likeness (QED) is 0.688. The number of fused-ring (bicyclic) bond motifs is 3. The first-order valence-corrected chi connectivity index (χ1v) is 10.9. The van der Waals surface area contributed by atoms with Gasteiger partial charge >= 0.3 is 0 Å². The highest BCUT2D eigenvalue weighted by atomic mass is 16.5. The van der Waals surface area contributed by atoms with Crippen LogP contribution in [0.4, 0.5) is 0 Å². The predicted octanol–water partition coefficient (Wildman–Crippen LogP) is 3.29. The first kappa shape index (κ1) is 20.3. The van der Waals surface area contributed by atoms with Gasteiger partial charge in [0.1, 0.15) is 6.33 Å². The third-order valence-electron chi connectivity index (χ3n) is 6.46. The van der Waals surface area contributed by atoms with Crippen molar-refractivity contribution in [2.24, 2.45) is 11.8 Å². The van der Waals surface area contributed by atoms with E-state index in [9.17, 15) is 4.79 Å². The molecule has 29 heavy (non-hydrogen) atoms. The fraction of sp³-hybridized carbons (Fsp3) is 0.682. The molecule has 2 fully saturated rings. The van der Waals surface area contributed by atoms with Crippen LogP contribution in [0, 0.1) is 18.8 Å². The molecule has 158 valence electrons. The van der Waals surface area contributed by atoms with E-state index in [1.807, 2.05) is 17.4 Å². The zero-order valence-corrected chi connectivity index (χ0v) is 17.7. The lowest BCUT2D eigenvalue weighted by atomic mass is 9.82. The second-order valence-electron chi connectivity index (χ2n) is 8.52. The van der Waals surface area contributed by atoms with Crippen molar-refractivity contribution in [3.8, 4) is 0 Å². The minimum absolute atomic E-state index is 0.124. The Kier molecular flexibility index (Phi) is 6.15. The average Bonchev–Trinajstić information content (AvgIpc) is 3.21. The second-order valence-corrected chi connectivity index (χ2v) is 8.52. The van der Waals surface area contributed by atoms with Crippen LogP contribution in [0.5, 0.6) is 0 Å². The molecule has 7 nitrogen and oxygen atoms in total. The highest BCUT2D eigenvalue weighted by Gasteiger charge is 2.44. The van der Waals surface area contributed by atoms with Gasteiger partial charge < -0.3 is 14.8 Å². The number of nitrogens with zero attached hydrogens (tertiary/aromatic N) is 3. The average molecular weight is 401 g/mol. The highest BCUT2D eigenvalue weighted by molar-refractivity contribution is 5.98. The molecule has 1 amide bonds. The molecule has 0 radical (unpaired) electrons. The molecule has 0 aliphatic heterocycles. The maximum atomic E-state index is 13.1. The van der Waals surface area contributed by atoms with Gasteiger partial charge in [0, 0.05) is 25.5 Å².